The normalized spacial score (nSPS) is 10.3. The molecule has 2 rings (SSSR count). The van der Waals surface area contributed by atoms with Crippen molar-refractivity contribution in [3.63, 3.8) is 0 Å². The van der Waals surface area contributed by atoms with Crippen molar-refractivity contribution < 1.29 is 28.9 Å². The number of carboxylic acids is 1. The van der Waals surface area contributed by atoms with E-state index in [-0.39, 0.29) is 28.7 Å². The summed E-state index contributed by atoms with van der Waals surface area (Å²) in [5.41, 5.74) is 0.947. The maximum absolute atomic E-state index is 12.5. The minimum absolute atomic E-state index is 0.0220. The number of carbonyl (C=O) groups excluding carboxylic acids is 1. The lowest BCUT2D eigenvalue weighted by molar-refractivity contribution is 0.0696. The van der Waals surface area contributed by atoms with Gasteiger partial charge in [-0.25, -0.2) is 4.79 Å². The standard InChI is InChI=1S/C16H17NO6S/c1-21-8-9-4-5-24-14(9)15(18)17-11-6-10(16(19)20)7-12(22-2)13(11)23-3/h4-7H,8H2,1-3H3,(H,17,18)(H,19,20). The van der Waals surface area contributed by atoms with Crippen LogP contribution in [0.5, 0.6) is 11.5 Å². The summed E-state index contributed by atoms with van der Waals surface area (Å²) in [5.74, 6) is -1.04. The molecule has 128 valence electrons. The molecule has 24 heavy (non-hydrogen) atoms. The van der Waals surface area contributed by atoms with E-state index in [4.69, 9.17) is 14.2 Å². The van der Waals surface area contributed by atoms with Crippen LogP contribution in [0.2, 0.25) is 0 Å². The van der Waals surface area contributed by atoms with E-state index >= 15 is 0 Å². The van der Waals surface area contributed by atoms with Gasteiger partial charge in [0.15, 0.2) is 11.5 Å². The lowest BCUT2D eigenvalue weighted by atomic mass is 10.1. The van der Waals surface area contributed by atoms with Gasteiger partial charge in [0.2, 0.25) is 0 Å². The third-order valence-corrected chi connectivity index (χ3v) is 4.18. The molecule has 8 heteroatoms. The first kappa shape index (κ1) is 17.8. The molecule has 0 aliphatic heterocycles. The van der Waals surface area contributed by atoms with Crippen LogP contribution in [0.1, 0.15) is 25.6 Å². The van der Waals surface area contributed by atoms with E-state index in [1.54, 1.807) is 18.6 Å². The number of anilines is 1. The predicted molar refractivity (Wildman–Crippen MR) is 89.5 cm³/mol. The highest BCUT2D eigenvalue weighted by molar-refractivity contribution is 7.12. The molecule has 1 heterocycles. The van der Waals surface area contributed by atoms with Gasteiger partial charge in [-0.05, 0) is 23.6 Å². The molecule has 2 aromatic rings. The number of hydrogen-bond acceptors (Lipinski definition) is 6. The van der Waals surface area contributed by atoms with Gasteiger partial charge in [0.05, 0.1) is 37.0 Å². The van der Waals surface area contributed by atoms with E-state index in [2.05, 4.69) is 5.32 Å². The molecule has 0 unspecified atom stereocenters. The minimum Gasteiger partial charge on any atom is -0.493 e. The highest BCUT2D eigenvalue weighted by Gasteiger charge is 2.20. The molecule has 0 atom stereocenters. The van der Waals surface area contributed by atoms with Crippen LogP contribution in [0, 0.1) is 0 Å². The third kappa shape index (κ3) is 3.66. The van der Waals surface area contributed by atoms with Gasteiger partial charge in [0.25, 0.3) is 5.91 Å². The number of thiophene rings is 1. The number of nitrogens with one attached hydrogen (secondary N) is 1. The quantitative estimate of drug-likeness (QED) is 0.797. The van der Waals surface area contributed by atoms with Crippen LogP contribution < -0.4 is 14.8 Å². The topological polar surface area (TPSA) is 94.1 Å². The van der Waals surface area contributed by atoms with Crippen molar-refractivity contribution in [2.45, 2.75) is 6.61 Å². The van der Waals surface area contributed by atoms with Crippen molar-refractivity contribution in [2.24, 2.45) is 0 Å². The largest absolute Gasteiger partial charge is 0.493 e. The van der Waals surface area contributed by atoms with Crippen LogP contribution in [-0.2, 0) is 11.3 Å². The third-order valence-electron chi connectivity index (χ3n) is 3.23. The van der Waals surface area contributed by atoms with Gasteiger partial charge in [-0.3, -0.25) is 4.79 Å². The van der Waals surface area contributed by atoms with Crippen molar-refractivity contribution in [3.05, 3.63) is 39.6 Å². The van der Waals surface area contributed by atoms with Crippen LogP contribution in [0.25, 0.3) is 0 Å². The number of carbonyl (C=O) groups is 2. The molecule has 0 fully saturated rings. The number of rotatable bonds is 7. The zero-order chi connectivity index (χ0) is 17.7. The first-order chi connectivity index (χ1) is 11.5. The molecule has 0 saturated heterocycles. The number of ether oxygens (including phenoxy) is 3. The summed E-state index contributed by atoms with van der Waals surface area (Å²) < 4.78 is 15.5. The maximum Gasteiger partial charge on any atom is 0.335 e. The number of amides is 1. The SMILES string of the molecule is COCc1ccsc1C(=O)Nc1cc(C(=O)O)cc(OC)c1OC. The molecule has 2 N–H and O–H groups in total. The zero-order valence-electron chi connectivity index (χ0n) is 13.4. The fourth-order valence-corrected chi connectivity index (χ4v) is 2.97. The fraction of sp³-hybridized carbons (Fsp3) is 0.250. The molecule has 0 radical (unpaired) electrons. The Morgan fingerprint density at radius 3 is 2.54 bits per heavy atom. The Balaban J connectivity index is 2.40. The van der Waals surface area contributed by atoms with Gasteiger partial charge < -0.3 is 24.6 Å². The van der Waals surface area contributed by atoms with Gasteiger partial charge in [0, 0.05) is 12.7 Å². The maximum atomic E-state index is 12.5. The van der Waals surface area contributed by atoms with Crippen LogP contribution in [0.4, 0.5) is 5.69 Å². The van der Waals surface area contributed by atoms with Crippen molar-refractivity contribution >= 4 is 28.9 Å². The molecule has 0 spiro atoms. The van der Waals surface area contributed by atoms with Crippen LogP contribution in [-0.4, -0.2) is 38.3 Å². The molecule has 7 nitrogen and oxygen atoms in total. The summed E-state index contributed by atoms with van der Waals surface area (Å²) in [7, 11) is 4.35. The van der Waals surface area contributed by atoms with Gasteiger partial charge in [0.1, 0.15) is 0 Å². The van der Waals surface area contributed by atoms with Gasteiger partial charge in [-0.1, -0.05) is 0 Å². The lowest BCUT2D eigenvalue weighted by Crippen LogP contribution is -2.14. The molecule has 1 aromatic heterocycles. The number of hydrogen-bond donors (Lipinski definition) is 2. The molecule has 0 saturated carbocycles. The summed E-state index contributed by atoms with van der Waals surface area (Å²) in [6.07, 6.45) is 0. The van der Waals surface area contributed by atoms with Crippen LogP contribution in [0.3, 0.4) is 0 Å². The fourth-order valence-electron chi connectivity index (χ4n) is 2.16. The number of aromatic carboxylic acids is 1. The second kappa shape index (κ2) is 7.80. The minimum atomic E-state index is -1.14. The highest BCUT2D eigenvalue weighted by Crippen LogP contribution is 2.37. The number of benzene rings is 1. The van der Waals surface area contributed by atoms with Crippen molar-refractivity contribution in [1.82, 2.24) is 0 Å². The van der Waals surface area contributed by atoms with Crippen LogP contribution in [0.15, 0.2) is 23.6 Å². The van der Waals surface area contributed by atoms with E-state index in [0.717, 1.165) is 5.56 Å². The van der Waals surface area contributed by atoms with Crippen LogP contribution >= 0.6 is 11.3 Å². The Kier molecular flexibility index (Phi) is 5.78. The van der Waals surface area contributed by atoms with Crippen molar-refractivity contribution in [1.29, 1.82) is 0 Å². The molecular formula is C16H17NO6S. The van der Waals surface area contributed by atoms with Crippen molar-refractivity contribution in [3.8, 4) is 11.5 Å². The number of methoxy groups -OCH3 is 3. The van der Waals surface area contributed by atoms with E-state index in [1.165, 1.54) is 37.7 Å². The van der Waals surface area contributed by atoms with Crippen molar-refractivity contribution in [2.75, 3.05) is 26.6 Å². The highest BCUT2D eigenvalue weighted by atomic mass is 32.1. The zero-order valence-corrected chi connectivity index (χ0v) is 14.2. The summed E-state index contributed by atoms with van der Waals surface area (Å²) in [5, 5.41) is 13.7. The summed E-state index contributed by atoms with van der Waals surface area (Å²) >= 11 is 1.27. The summed E-state index contributed by atoms with van der Waals surface area (Å²) in [6.45, 7) is 0.307. The Hall–Kier alpha value is -2.58. The molecule has 0 aliphatic carbocycles. The lowest BCUT2D eigenvalue weighted by Gasteiger charge is -2.15. The van der Waals surface area contributed by atoms with Gasteiger partial charge in [-0.15, -0.1) is 11.3 Å². The van der Waals surface area contributed by atoms with Gasteiger partial charge in [-0.2, -0.15) is 0 Å². The predicted octanol–water partition coefficient (Wildman–Crippen LogP) is 2.86. The molecule has 0 bridgehead atoms. The summed E-state index contributed by atoms with van der Waals surface area (Å²) in [4.78, 5) is 24.3. The average Bonchev–Trinajstić information content (AvgIpc) is 3.02. The smallest absolute Gasteiger partial charge is 0.335 e. The molecular weight excluding hydrogens is 334 g/mol. The number of carboxylic acid groups (broad SMARTS) is 1. The Bertz CT molecular complexity index is 755. The Labute approximate surface area is 142 Å². The van der Waals surface area contributed by atoms with E-state index in [1.807, 2.05) is 0 Å². The van der Waals surface area contributed by atoms with E-state index < -0.39 is 5.97 Å². The Morgan fingerprint density at radius 1 is 1.21 bits per heavy atom. The molecule has 1 amide bonds. The summed E-state index contributed by atoms with van der Waals surface area (Å²) in [6, 6.07) is 4.46. The molecule has 0 aliphatic rings. The first-order valence-corrected chi connectivity index (χ1v) is 7.75. The van der Waals surface area contributed by atoms with E-state index in [0.29, 0.717) is 11.5 Å². The average molecular weight is 351 g/mol. The second-order valence-electron chi connectivity index (χ2n) is 4.73. The second-order valence-corrected chi connectivity index (χ2v) is 5.64. The monoisotopic (exact) mass is 351 g/mol. The Morgan fingerprint density at radius 2 is 1.96 bits per heavy atom. The first-order valence-electron chi connectivity index (χ1n) is 6.87. The molecule has 1 aromatic carbocycles. The van der Waals surface area contributed by atoms with Gasteiger partial charge >= 0.3 is 5.97 Å². The van der Waals surface area contributed by atoms with E-state index in [9.17, 15) is 14.7 Å².